The molecule has 0 aliphatic carbocycles. The molecule has 0 amide bonds. The Balaban J connectivity index is 2.76. The largest absolute Gasteiger partial charge is 0.392 e. The standard InChI is InChI=1S/C17H28O/c1-7-17(5,6)15(18)12-13-8-10-14(11-9-13)16(2,3)4/h8-11,15,18H,7,12H2,1-6H3. The first kappa shape index (κ1) is 15.2. The highest BCUT2D eigenvalue weighted by atomic mass is 16.3. The maximum Gasteiger partial charge on any atom is 0.0631 e. The molecule has 1 atom stereocenters. The van der Waals surface area contributed by atoms with Crippen molar-refractivity contribution in [2.75, 3.05) is 0 Å². The minimum absolute atomic E-state index is 0.0112. The van der Waals surface area contributed by atoms with Crippen molar-refractivity contribution < 1.29 is 5.11 Å². The molecule has 0 saturated heterocycles. The molecule has 1 heteroatoms. The summed E-state index contributed by atoms with van der Waals surface area (Å²) in [6.45, 7) is 13.0. The molecule has 1 rings (SSSR count). The van der Waals surface area contributed by atoms with E-state index in [1.807, 2.05) is 0 Å². The molecule has 102 valence electrons. The predicted octanol–water partition coefficient (Wildman–Crippen LogP) is 4.32. The van der Waals surface area contributed by atoms with Crippen molar-refractivity contribution in [1.82, 2.24) is 0 Å². The quantitative estimate of drug-likeness (QED) is 0.841. The van der Waals surface area contributed by atoms with Crippen LogP contribution in [-0.2, 0) is 11.8 Å². The fourth-order valence-electron chi connectivity index (χ4n) is 1.88. The molecule has 18 heavy (non-hydrogen) atoms. The third kappa shape index (κ3) is 3.84. The van der Waals surface area contributed by atoms with Gasteiger partial charge in [-0.15, -0.1) is 0 Å². The lowest BCUT2D eigenvalue weighted by Crippen LogP contribution is -2.30. The van der Waals surface area contributed by atoms with Gasteiger partial charge in [0.1, 0.15) is 0 Å². The van der Waals surface area contributed by atoms with E-state index < -0.39 is 0 Å². The Labute approximate surface area is 112 Å². The topological polar surface area (TPSA) is 20.2 Å². The van der Waals surface area contributed by atoms with Crippen LogP contribution < -0.4 is 0 Å². The lowest BCUT2D eigenvalue weighted by Gasteiger charge is -2.29. The molecule has 1 unspecified atom stereocenters. The van der Waals surface area contributed by atoms with Crippen LogP contribution in [0.15, 0.2) is 24.3 Å². The highest BCUT2D eigenvalue weighted by molar-refractivity contribution is 5.28. The Morgan fingerprint density at radius 2 is 1.50 bits per heavy atom. The molecule has 0 radical (unpaired) electrons. The van der Waals surface area contributed by atoms with Crippen LogP contribution in [-0.4, -0.2) is 11.2 Å². The summed E-state index contributed by atoms with van der Waals surface area (Å²) in [7, 11) is 0. The van der Waals surface area contributed by atoms with Crippen molar-refractivity contribution in [2.24, 2.45) is 5.41 Å². The maximum atomic E-state index is 10.3. The first-order valence-corrected chi connectivity index (χ1v) is 6.94. The van der Waals surface area contributed by atoms with E-state index in [-0.39, 0.29) is 16.9 Å². The van der Waals surface area contributed by atoms with Crippen LogP contribution in [0.1, 0.15) is 59.1 Å². The summed E-state index contributed by atoms with van der Waals surface area (Å²) in [5.74, 6) is 0. The van der Waals surface area contributed by atoms with Crippen LogP contribution >= 0.6 is 0 Å². The van der Waals surface area contributed by atoms with Gasteiger partial charge >= 0.3 is 0 Å². The Morgan fingerprint density at radius 3 is 1.89 bits per heavy atom. The first-order valence-electron chi connectivity index (χ1n) is 6.94. The number of aliphatic hydroxyl groups excluding tert-OH is 1. The van der Waals surface area contributed by atoms with E-state index in [4.69, 9.17) is 0 Å². The summed E-state index contributed by atoms with van der Waals surface area (Å²) < 4.78 is 0. The van der Waals surface area contributed by atoms with E-state index in [0.29, 0.717) is 0 Å². The highest BCUT2D eigenvalue weighted by Crippen LogP contribution is 2.28. The van der Waals surface area contributed by atoms with Gasteiger partial charge in [-0.05, 0) is 34.8 Å². The third-order valence-corrected chi connectivity index (χ3v) is 4.06. The van der Waals surface area contributed by atoms with Gasteiger partial charge in [0.25, 0.3) is 0 Å². The second-order valence-electron chi connectivity index (χ2n) is 7.01. The molecule has 1 nitrogen and oxygen atoms in total. The van der Waals surface area contributed by atoms with Crippen molar-refractivity contribution in [1.29, 1.82) is 0 Å². The molecule has 0 spiro atoms. The zero-order valence-corrected chi connectivity index (χ0v) is 12.7. The van der Waals surface area contributed by atoms with Gasteiger partial charge in [-0.25, -0.2) is 0 Å². The van der Waals surface area contributed by atoms with Gasteiger partial charge in [0.05, 0.1) is 6.10 Å². The average Bonchev–Trinajstić information content (AvgIpc) is 2.28. The monoisotopic (exact) mass is 248 g/mol. The summed E-state index contributed by atoms with van der Waals surface area (Å²) in [5.41, 5.74) is 2.75. The summed E-state index contributed by atoms with van der Waals surface area (Å²) in [6, 6.07) is 8.66. The molecular formula is C17H28O. The molecule has 1 N–H and O–H groups in total. The van der Waals surface area contributed by atoms with Crippen LogP contribution in [0.4, 0.5) is 0 Å². The molecular weight excluding hydrogens is 220 g/mol. The molecule has 0 aromatic heterocycles. The van der Waals surface area contributed by atoms with Crippen LogP contribution in [0.3, 0.4) is 0 Å². The fourth-order valence-corrected chi connectivity index (χ4v) is 1.88. The minimum Gasteiger partial charge on any atom is -0.392 e. The number of hydrogen-bond acceptors (Lipinski definition) is 1. The van der Waals surface area contributed by atoms with E-state index >= 15 is 0 Å². The van der Waals surface area contributed by atoms with Crippen LogP contribution in [0.5, 0.6) is 0 Å². The number of rotatable bonds is 4. The van der Waals surface area contributed by atoms with Gasteiger partial charge in [0, 0.05) is 0 Å². The second-order valence-corrected chi connectivity index (χ2v) is 7.01. The van der Waals surface area contributed by atoms with E-state index in [0.717, 1.165) is 12.8 Å². The molecule has 0 bridgehead atoms. The SMILES string of the molecule is CCC(C)(C)C(O)Cc1ccc(C(C)(C)C)cc1. The highest BCUT2D eigenvalue weighted by Gasteiger charge is 2.25. The van der Waals surface area contributed by atoms with E-state index in [2.05, 4.69) is 65.8 Å². The molecule has 1 aromatic rings. The van der Waals surface area contributed by atoms with Gasteiger partial charge < -0.3 is 5.11 Å². The van der Waals surface area contributed by atoms with Crippen molar-refractivity contribution in [3.63, 3.8) is 0 Å². The van der Waals surface area contributed by atoms with Crippen molar-refractivity contribution in [3.05, 3.63) is 35.4 Å². The lowest BCUT2D eigenvalue weighted by atomic mass is 9.80. The molecule has 0 saturated carbocycles. The molecule has 0 fully saturated rings. The zero-order valence-electron chi connectivity index (χ0n) is 12.7. The number of aliphatic hydroxyl groups is 1. The average molecular weight is 248 g/mol. The van der Waals surface area contributed by atoms with E-state index in [1.165, 1.54) is 11.1 Å². The molecule has 0 aliphatic heterocycles. The predicted molar refractivity (Wildman–Crippen MR) is 78.9 cm³/mol. The summed E-state index contributed by atoms with van der Waals surface area (Å²) in [6.07, 6.45) is 1.46. The van der Waals surface area contributed by atoms with Gasteiger partial charge in [0.15, 0.2) is 0 Å². The third-order valence-electron chi connectivity index (χ3n) is 4.06. The van der Waals surface area contributed by atoms with Crippen molar-refractivity contribution in [2.45, 2.75) is 65.9 Å². The van der Waals surface area contributed by atoms with E-state index in [9.17, 15) is 5.11 Å². The summed E-state index contributed by atoms with van der Waals surface area (Å²) in [4.78, 5) is 0. The summed E-state index contributed by atoms with van der Waals surface area (Å²) >= 11 is 0. The Kier molecular flexibility index (Phi) is 4.61. The first-order chi connectivity index (χ1) is 8.16. The lowest BCUT2D eigenvalue weighted by molar-refractivity contribution is 0.0479. The van der Waals surface area contributed by atoms with Gasteiger partial charge in [-0.3, -0.25) is 0 Å². The van der Waals surface area contributed by atoms with E-state index in [1.54, 1.807) is 0 Å². The Morgan fingerprint density at radius 1 is 1.00 bits per heavy atom. The number of hydrogen-bond donors (Lipinski definition) is 1. The van der Waals surface area contributed by atoms with Crippen molar-refractivity contribution in [3.8, 4) is 0 Å². The summed E-state index contributed by atoms with van der Waals surface area (Å²) in [5, 5.41) is 10.3. The second kappa shape index (κ2) is 5.44. The molecule has 1 aromatic carbocycles. The van der Waals surface area contributed by atoms with Gasteiger partial charge in [-0.2, -0.15) is 0 Å². The minimum atomic E-state index is -0.275. The smallest absolute Gasteiger partial charge is 0.0631 e. The molecule has 0 heterocycles. The van der Waals surface area contributed by atoms with Crippen LogP contribution in [0, 0.1) is 5.41 Å². The zero-order chi connectivity index (χ0) is 14.0. The van der Waals surface area contributed by atoms with Crippen LogP contribution in [0.25, 0.3) is 0 Å². The Bertz CT molecular complexity index is 368. The normalized spacial score (nSPS) is 14.6. The Hall–Kier alpha value is -0.820. The maximum absolute atomic E-state index is 10.3. The fraction of sp³-hybridized carbons (Fsp3) is 0.647. The van der Waals surface area contributed by atoms with Crippen LogP contribution in [0.2, 0.25) is 0 Å². The molecule has 0 aliphatic rings. The number of benzene rings is 1. The van der Waals surface area contributed by atoms with Gasteiger partial charge in [0.2, 0.25) is 0 Å². The van der Waals surface area contributed by atoms with Crippen molar-refractivity contribution >= 4 is 0 Å². The van der Waals surface area contributed by atoms with Gasteiger partial charge in [-0.1, -0.05) is 65.8 Å².